The number of hydrogen-bond acceptors (Lipinski definition) is 3. The van der Waals surface area contributed by atoms with Gasteiger partial charge in [-0.3, -0.25) is 0 Å². The van der Waals surface area contributed by atoms with Crippen LogP contribution in [0.25, 0.3) is 0 Å². The van der Waals surface area contributed by atoms with Gasteiger partial charge in [0, 0.05) is 0 Å². The van der Waals surface area contributed by atoms with Gasteiger partial charge >= 0.3 is 20.9 Å². The molecule has 0 atom stereocenters. The molecule has 114 valence electrons. The molecule has 24 heavy (non-hydrogen) atoms. The van der Waals surface area contributed by atoms with Gasteiger partial charge in [-0.1, -0.05) is 91.0 Å². The molecule has 0 aliphatic carbocycles. The lowest BCUT2D eigenvalue weighted by molar-refractivity contribution is 1.19. The Kier molecular flexibility index (Phi) is 4.52. The minimum atomic E-state index is 0.0860. The van der Waals surface area contributed by atoms with Crippen LogP contribution in [0.1, 0.15) is 0 Å². The van der Waals surface area contributed by atoms with Gasteiger partial charge in [-0.25, -0.2) is 0 Å². The highest BCUT2D eigenvalue weighted by atomic mass is 15.1. The lowest BCUT2D eigenvalue weighted by atomic mass is 9.44. The molecule has 0 unspecified atom stereocenters. The largest absolute Gasteiger partial charge is 0.363 e. The molecule has 3 aromatic carbocycles. The van der Waals surface area contributed by atoms with Gasteiger partial charge in [-0.05, 0) is 16.4 Å². The maximum atomic E-state index is 3.66. The zero-order chi connectivity index (χ0) is 16.2. The summed E-state index contributed by atoms with van der Waals surface area (Å²) < 4.78 is 0. The summed E-state index contributed by atoms with van der Waals surface area (Å²) in [7, 11) is 0. The molecular formula is C18H18B3N3. The van der Waals surface area contributed by atoms with E-state index in [2.05, 4.69) is 88.2 Å². The Morgan fingerprint density at radius 1 is 0.375 bits per heavy atom. The van der Waals surface area contributed by atoms with E-state index in [-0.39, 0.29) is 20.9 Å². The van der Waals surface area contributed by atoms with Crippen molar-refractivity contribution >= 4 is 37.3 Å². The van der Waals surface area contributed by atoms with Crippen LogP contribution in [-0.2, 0) is 0 Å². The zero-order valence-electron chi connectivity index (χ0n) is 13.4. The first-order valence-electron chi connectivity index (χ1n) is 8.33. The van der Waals surface area contributed by atoms with Crippen molar-refractivity contribution in [3.63, 3.8) is 0 Å². The second-order valence-corrected chi connectivity index (χ2v) is 6.03. The maximum absolute atomic E-state index is 3.66. The Bertz CT molecular complexity index is 657. The van der Waals surface area contributed by atoms with Crippen LogP contribution in [0.5, 0.6) is 0 Å². The van der Waals surface area contributed by atoms with Gasteiger partial charge in [0.1, 0.15) is 0 Å². The fourth-order valence-electron chi connectivity index (χ4n) is 3.16. The van der Waals surface area contributed by atoms with E-state index in [1.54, 1.807) is 0 Å². The van der Waals surface area contributed by atoms with Gasteiger partial charge in [0.05, 0.1) is 0 Å². The lowest BCUT2D eigenvalue weighted by Crippen LogP contribution is -2.83. The molecule has 3 N–H and O–H groups in total. The molecule has 3 nitrogen and oxygen atoms in total. The molecule has 1 aliphatic rings. The van der Waals surface area contributed by atoms with E-state index in [9.17, 15) is 0 Å². The van der Waals surface area contributed by atoms with Gasteiger partial charge in [0.15, 0.2) is 0 Å². The molecule has 1 aliphatic heterocycles. The van der Waals surface area contributed by atoms with E-state index in [0.717, 1.165) is 0 Å². The summed E-state index contributed by atoms with van der Waals surface area (Å²) in [5, 5.41) is 11.0. The summed E-state index contributed by atoms with van der Waals surface area (Å²) in [6.07, 6.45) is 0. The predicted octanol–water partition coefficient (Wildman–Crippen LogP) is -0.0450. The molecule has 1 heterocycles. The highest BCUT2D eigenvalue weighted by molar-refractivity contribution is 6.99. The van der Waals surface area contributed by atoms with Gasteiger partial charge in [-0.2, -0.15) is 0 Å². The van der Waals surface area contributed by atoms with Crippen molar-refractivity contribution in [2.24, 2.45) is 0 Å². The van der Waals surface area contributed by atoms with Gasteiger partial charge in [0.25, 0.3) is 0 Å². The first-order chi connectivity index (χ1) is 11.9. The normalized spacial score (nSPS) is 14.8. The second-order valence-electron chi connectivity index (χ2n) is 6.03. The molecule has 1 fully saturated rings. The lowest BCUT2D eigenvalue weighted by Gasteiger charge is -2.34. The van der Waals surface area contributed by atoms with Crippen LogP contribution in [0, 0.1) is 0 Å². The van der Waals surface area contributed by atoms with Crippen molar-refractivity contribution in [3.05, 3.63) is 91.0 Å². The first-order valence-corrected chi connectivity index (χ1v) is 8.33. The third-order valence-corrected chi connectivity index (χ3v) is 4.40. The second kappa shape index (κ2) is 7.10. The maximum Gasteiger partial charge on any atom is 0.320 e. The van der Waals surface area contributed by atoms with Crippen molar-refractivity contribution in [2.75, 3.05) is 0 Å². The number of rotatable bonds is 3. The van der Waals surface area contributed by atoms with E-state index in [1.165, 1.54) is 16.4 Å². The Hall–Kier alpha value is -2.27. The SMILES string of the molecule is c1ccc(B2NB(c3ccccc3)NB(c3ccccc3)N2)cc1. The third kappa shape index (κ3) is 3.31. The molecule has 1 saturated heterocycles. The van der Waals surface area contributed by atoms with E-state index in [0.29, 0.717) is 0 Å². The van der Waals surface area contributed by atoms with Crippen LogP contribution in [-0.4, -0.2) is 20.9 Å². The summed E-state index contributed by atoms with van der Waals surface area (Å²) >= 11 is 0. The number of nitrogens with one attached hydrogen (secondary N) is 3. The fraction of sp³-hybridized carbons (Fsp3) is 0. The molecule has 0 aromatic heterocycles. The summed E-state index contributed by atoms with van der Waals surface area (Å²) in [5.74, 6) is 0. The van der Waals surface area contributed by atoms with Crippen molar-refractivity contribution in [1.82, 2.24) is 15.4 Å². The summed E-state index contributed by atoms with van der Waals surface area (Å²) in [6.45, 7) is 0.258. The molecule has 0 saturated carbocycles. The average molecular weight is 309 g/mol. The van der Waals surface area contributed by atoms with Crippen molar-refractivity contribution < 1.29 is 0 Å². The first kappa shape index (κ1) is 15.3. The third-order valence-electron chi connectivity index (χ3n) is 4.40. The fourth-order valence-corrected chi connectivity index (χ4v) is 3.16. The van der Waals surface area contributed by atoms with Gasteiger partial charge in [-0.15, -0.1) is 0 Å². The van der Waals surface area contributed by atoms with Crippen LogP contribution in [0.3, 0.4) is 0 Å². The van der Waals surface area contributed by atoms with E-state index in [1.807, 2.05) is 18.2 Å². The quantitative estimate of drug-likeness (QED) is 0.594. The molecule has 0 radical (unpaired) electrons. The highest BCUT2D eigenvalue weighted by Crippen LogP contribution is 1.94. The van der Waals surface area contributed by atoms with Crippen LogP contribution < -0.4 is 31.8 Å². The Morgan fingerprint density at radius 2 is 0.625 bits per heavy atom. The van der Waals surface area contributed by atoms with Crippen LogP contribution in [0.4, 0.5) is 0 Å². The molecular weight excluding hydrogens is 291 g/mol. The van der Waals surface area contributed by atoms with Crippen LogP contribution in [0.2, 0.25) is 0 Å². The predicted molar refractivity (Wildman–Crippen MR) is 105 cm³/mol. The molecule has 0 bridgehead atoms. The summed E-state index contributed by atoms with van der Waals surface area (Å²) in [4.78, 5) is 0. The highest BCUT2D eigenvalue weighted by Gasteiger charge is 2.37. The molecule has 0 amide bonds. The van der Waals surface area contributed by atoms with Gasteiger partial charge in [0.2, 0.25) is 0 Å². The van der Waals surface area contributed by atoms with E-state index < -0.39 is 0 Å². The molecule has 4 rings (SSSR count). The van der Waals surface area contributed by atoms with Gasteiger partial charge < -0.3 is 15.4 Å². The van der Waals surface area contributed by atoms with Crippen molar-refractivity contribution in [3.8, 4) is 0 Å². The molecule has 6 heteroatoms. The summed E-state index contributed by atoms with van der Waals surface area (Å²) in [6, 6.07) is 31.5. The number of hydrogen-bond donors (Lipinski definition) is 3. The topological polar surface area (TPSA) is 36.1 Å². The van der Waals surface area contributed by atoms with Crippen LogP contribution in [0.15, 0.2) is 91.0 Å². The Labute approximate surface area is 144 Å². The molecule has 3 aromatic rings. The smallest absolute Gasteiger partial charge is 0.320 e. The Morgan fingerprint density at radius 3 is 0.875 bits per heavy atom. The van der Waals surface area contributed by atoms with Crippen molar-refractivity contribution in [2.45, 2.75) is 0 Å². The minimum Gasteiger partial charge on any atom is -0.363 e. The molecule has 0 spiro atoms. The summed E-state index contributed by atoms with van der Waals surface area (Å²) in [5.41, 5.74) is 3.71. The van der Waals surface area contributed by atoms with Crippen LogP contribution >= 0.6 is 0 Å². The average Bonchev–Trinajstić information content (AvgIpc) is 2.70. The monoisotopic (exact) mass is 309 g/mol. The Balaban J connectivity index is 1.66. The zero-order valence-corrected chi connectivity index (χ0v) is 13.4. The standard InChI is InChI=1S/C18H18B3N3/c1-4-10-16(11-5-1)19-22-20(17-12-6-2-7-13-17)24-21(23-19)18-14-8-3-9-15-18/h1-15,22-24H. The van der Waals surface area contributed by atoms with Crippen molar-refractivity contribution in [1.29, 1.82) is 0 Å². The van der Waals surface area contributed by atoms with E-state index in [4.69, 9.17) is 0 Å². The minimum absolute atomic E-state index is 0.0860. The number of benzene rings is 3. The van der Waals surface area contributed by atoms with E-state index >= 15 is 0 Å².